The van der Waals surface area contributed by atoms with E-state index in [1.54, 1.807) is 0 Å². The lowest BCUT2D eigenvalue weighted by Gasteiger charge is -2.34. The lowest BCUT2D eigenvalue weighted by atomic mass is 9.77. The molecular formula is C18H21ClNOS. The van der Waals surface area contributed by atoms with Crippen LogP contribution >= 0.6 is 23.4 Å². The van der Waals surface area contributed by atoms with E-state index in [0.29, 0.717) is 0 Å². The molecule has 2 aliphatic heterocycles. The second-order valence-electron chi connectivity index (χ2n) is 6.76. The van der Waals surface area contributed by atoms with Gasteiger partial charge in [-0.25, -0.2) is 4.99 Å². The molecule has 0 aromatic heterocycles. The van der Waals surface area contributed by atoms with Crippen LogP contribution in [0.1, 0.15) is 39.2 Å². The van der Waals surface area contributed by atoms with E-state index in [2.05, 4.69) is 30.3 Å². The van der Waals surface area contributed by atoms with Gasteiger partial charge in [0.2, 0.25) is 0 Å². The Balaban J connectivity index is 0.000000237. The Hall–Kier alpha value is -1.03. The molecule has 1 aromatic carbocycles. The fraction of sp³-hybridized carbons (Fsp3) is 0.389. The van der Waals surface area contributed by atoms with Crippen molar-refractivity contribution in [3.63, 3.8) is 0 Å². The lowest BCUT2D eigenvalue weighted by molar-refractivity contribution is 0.00422. The van der Waals surface area contributed by atoms with E-state index in [9.17, 15) is 5.11 Å². The molecule has 4 heteroatoms. The van der Waals surface area contributed by atoms with Crippen LogP contribution in [0.4, 0.5) is 0 Å². The predicted octanol–water partition coefficient (Wildman–Crippen LogP) is 5.01. The minimum Gasteiger partial charge on any atom is -0.385 e. The maximum absolute atomic E-state index is 10.6. The van der Waals surface area contributed by atoms with Crippen LogP contribution in [0.15, 0.2) is 45.9 Å². The zero-order chi connectivity index (χ0) is 16.0. The van der Waals surface area contributed by atoms with E-state index >= 15 is 0 Å². The fourth-order valence-corrected chi connectivity index (χ4v) is 3.37. The molecule has 1 atom stereocenters. The summed E-state index contributed by atoms with van der Waals surface area (Å²) < 4.78 is 0. The topological polar surface area (TPSA) is 32.6 Å². The average molecular weight is 335 g/mol. The molecule has 0 bridgehead atoms. The quantitative estimate of drug-likeness (QED) is 0.695. The number of thiol groups is 1. The number of fused-ring (bicyclic) bond motifs is 1. The molecule has 2 nitrogen and oxygen atoms in total. The van der Waals surface area contributed by atoms with Gasteiger partial charge in [0.1, 0.15) is 10.7 Å². The summed E-state index contributed by atoms with van der Waals surface area (Å²) in [6, 6.07) is 7.72. The summed E-state index contributed by atoms with van der Waals surface area (Å²) in [5, 5.41) is 14.8. The van der Waals surface area contributed by atoms with Crippen molar-refractivity contribution >= 4 is 34.5 Å². The van der Waals surface area contributed by atoms with Crippen molar-refractivity contribution in [1.82, 2.24) is 0 Å². The number of rotatable bonds is 1. The lowest BCUT2D eigenvalue weighted by Crippen LogP contribution is -2.37. The van der Waals surface area contributed by atoms with Gasteiger partial charge in [-0.2, -0.15) is 0 Å². The molecule has 1 fully saturated rings. The molecule has 4 rings (SSSR count). The molecule has 3 aliphatic rings. The summed E-state index contributed by atoms with van der Waals surface area (Å²) in [7, 11) is 0. The minimum atomic E-state index is -0.716. The van der Waals surface area contributed by atoms with Crippen LogP contribution in [-0.4, -0.2) is 15.8 Å². The van der Waals surface area contributed by atoms with Crippen molar-refractivity contribution in [3.8, 4) is 0 Å². The van der Waals surface area contributed by atoms with Gasteiger partial charge in [0.25, 0.3) is 0 Å². The molecule has 22 heavy (non-hydrogen) atoms. The van der Waals surface area contributed by atoms with Gasteiger partial charge in [-0.05, 0) is 53.9 Å². The van der Waals surface area contributed by atoms with Crippen molar-refractivity contribution in [3.05, 3.63) is 51.5 Å². The number of hydrogen-bond donors (Lipinski definition) is 2. The molecule has 1 saturated carbocycles. The number of aliphatic hydroxyl groups is 1. The second-order valence-corrected chi connectivity index (χ2v) is 8.13. The van der Waals surface area contributed by atoms with Gasteiger partial charge in [-0.1, -0.05) is 43.7 Å². The Kier molecular flexibility index (Phi) is 4.00. The van der Waals surface area contributed by atoms with Gasteiger partial charge in [-0.3, -0.25) is 0 Å². The van der Waals surface area contributed by atoms with Gasteiger partial charge >= 0.3 is 0 Å². The van der Waals surface area contributed by atoms with Gasteiger partial charge in [0, 0.05) is 5.02 Å². The summed E-state index contributed by atoms with van der Waals surface area (Å²) >= 11 is 7.20. The van der Waals surface area contributed by atoms with Crippen molar-refractivity contribution in [2.45, 2.75) is 39.2 Å². The third-order valence-corrected chi connectivity index (χ3v) is 6.09. The minimum absolute atomic E-state index is 0.0503. The summed E-state index contributed by atoms with van der Waals surface area (Å²) in [5.41, 5.74) is 2.71. The first-order chi connectivity index (χ1) is 10.3. The zero-order valence-electron chi connectivity index (χ0n) is 13.1. The number of hydrogen-bond acceptors (Lipinski definition) is 2. The summed E-state index contributed by atoms with van der Waals surface area (Å²) in [6.45, 7) is 6.16. The Morgan fingerprint density at radius 2 is 1.86 bits per heavy atom. The highest BCUT2D eigenvalue weighted by Gasteiger charge is 2.47. The smallest absolute Gasteiger partial charge is 0.115 e. The van der Waals surface area contributed by atoms with Crippen LogP contribution < -0.4 is 0 Å². The third kappa shape index (κ3) is 3.03. The third-order valence-electron chi connectivity index (χ3n) is 4.89. The van der Waals surface area contributed by atoms with E-state index in [0.717, 1.165) is 29.0 Å². The van der Waals surface area contributed by atoms with E-state index in [4.69, 9.17) is 11.6 Å². The Morgan fingerprint density at radius 3 is 2.23 bits per heavy atom. The van der Waals surface area contributed by atoms with Gasteiger partial charge in [0.05, 0.1) is 5.60 Å². The normalized spacial score (nSPS) is 28.9. The van der Waals surface area contributed by atoms with Crippen LogP contribution in [-0.2, 0) is 0 Å². The second kappa shape index (κ2) is 5.55. The van der Waals surface area contributed by atoms with Crippen LogP contribution in [0.5, 0.6) is 0 Å². The first-order valence-electron chi connectivity index (χ1n) is 7.49. The molecule has 2 heterocycles. The summed E-state index contributed by atoms with van der Waals surface area (Å²) in [4.78, 5) is 3.93. The van der Waals surface area contributed by atoms with Crippen molar-refractivity contribution in [2.24, 2.45) is 10.4 Å². The number of nitrogens with zero attached hydrogens (tertiary/aromatic N) is 1. The van der Waals surface area contributed by atoms with Crippen LogP contribution in [0.25, 0.3) is 6.08 Å². The Labute approximate surface area is 141 Å². The molecule has 1 aliphatic carbocycles. The molecule has 1 N–H and O–H groups in total. The summed E-state index contributed by atoms with van der Waals surface area (Å²) in [5.74, 6) is 0. The molecular weight excluding hydrogens is 314 g/mol. The maximum Gasteiger partial charge on any atom is 0.115 e. The zero-order valence-corrected chi connectivity index (χ0v) is 14.7. The van der Waals surface area contributed by atoms with Crippen molar-refractivity contribution in [2.75, 3.05) is 0 Å². The molecule has 1 aromatic rings. The monoisotopic (exact) mass is 334 g/mol. The number of halogens is 1. The molecule has 0 spiro atoms. The van der Waals surface area contributed by atoms with Crippen LogP contribution in [0.2, 0.25) is 5.02 Å². The predicted molar refractivity (Wildman–Crippen MR) is 97.6 cm³/mol. The first kappa shape index (κ1) is 15.9. The first-order valence-corrected chi connectivity index (χ1v) is 8.83. The molecule has 1 radical (unpaired) electrons. The molecule has 0 saturated heterocycles. The van der Waals surface area contributed by atoms with E-state index in [-0.39, 0.29) is 5.41 Å². The molecule has 1 unspecified atom stereocenters. The number of aliphatic imine (C=N–C) groups is 1. The van der Waals surface area contributed by atoms with E-state index < -0.39 is 5.60 Å². The van der Waals surface area contributed by atoms with Crippen molar-refractivity contribution < 1.29 is 5.11 Å². The highest BCUT2D eigenvalue weighted by molar-refractivity contribution is 8.19. The van der Waals surface area contributed by atoms with Gasteiger partial charge in [-0.15, -0.1) is 11.8 Å². The standard InChI is InChI=1S/C15H19ClO.C3H2NS/c1-14(2)9-8-12(15(14,3)17)10-11-4-6-13(16)7-5-11;1-2-3(4-2)5-1/h4-7,10,17H,8-9H2,1-3H3;1,5H. The van der Waals surface area contributed by atoms with Crippen LogP contribution in [0, 0.1) is 5.41 Å². The largest absolute Gasteiger partial charge is 0.385 e. The van der Waals surface area contributed by atoms with Gasteiger partial charge < -0.3 is 5.11 Å². The highest BCUT2D eigenvalue weighted by Crippen LogP contribution is 2.49. The SMILES string of the molecule is C1=C2N=C2[SH]1.CC1(C)CCC(=Cc2ccc(Cl)cc2)C1(C)O. The van der Waals surface area contributed by atoms with Crippen molar-refractivity contribution in [1.29, 1.82) is 0 Å². The maximum atomic E-state index is 10.6. The highest BCUT2D eigenvalue weighted by atomic mass is 35.5. The molecule has 117 valence electrons. The fourth-order valence-electron chi connectivity index (χ4n) is 2.67. The van der Waals surface area contributed by atoms with E-state index in [1.165, 1.54) is 22.5 Å². The van der Waals surface area contributed by atoms with Gasteiger partial charge in [0.15, 0.2) is 0 Å². The van der Waals surface area contributed by atoms with E-state index in [1.807, 2.05) is 31.2 Å². The van der Waals surface area contributed by atoms with Crippen LogP contribution in [0.3, 0.4) is 0 Å². The number of benzene rings is 1. The molecule has 0 amide bonds. The Bertz CT molecular complexity index is 674. The summed E-state index contributed by atoms with van der Waals surface area (Å²) in [6.07, 6.45) is 4.08. The average Bonchev–Trinajstić information content (AvgIpc) is 2.96. The Morgan fingerprint density at radius 1 is 1.23 bits per heavy atom.